The summed E-state index contributed by atoms with van der Waals surface area (Å²) < 4.78 is 0. The number of aryl methyl sites for hydroxylation is 2. The molecular formula is C15H17N3OS. The average molecular weight is 287 g/mol. The predicted molar refractivity (Wildman–Crippen MR) is 80.1 cm³/mol. The quantitative estimate of drug-likeness (QED) is 0.872. The van der Waals surface area contributed by atoms with E-state index in [9.17, 15) is 4.79 Å². The van der Waals surface area contributed by atoms with Gasteiger partial charge >= 0.3 is 0 Å². The van der Waals surface area contributed by atoms with Gasteiger partial charge in [0.05, 0.1) is 12.1 Å². The van der Waals surface area contributed by atoms with Crippen LogP contribution in [0.3, 0.4) is 0 Å². The SMILES string of the molecule is CN(C(=O)Cc1ccccn1)c1nc2c(s1)CCCC2. The van der Waals surface area contributed by atoms with E-state index < -0.39 is 0 Å². The van der Waals surface area contributed by atoms with Gasteiger partial charge in [-0.2, -0.15) is 0 Å². The Morgan fingerprint density at radius 2 is 2.20 bits per heavy atom. The lowest BCUT2D eigenvalue weighted by Gasteiger charge is -2.13. The Bertz CT molecular complexity index is 585. The highest BCUT2D eigenvalue weighted by atomic mass is 32.1. The first-order valence-corrected chi connectivity index (χ1v) is 7.71. The Hall–Kier alpha value is -1.75. The fourth-order valence-electron chi connectivity index (χ4n) is 2.36. The van der Waals surface area contributed by atoms with Crippen LogP contribution in [0.5, 0.6) is 0 Å². The number of anilines is 1. The minimum atomic E-state index is 0.0368. The zero-order chi connectivity index (χ0) is 13.9. The molecule has 1 aliphatic rings. The van der Waals surface area contributed by atoms with Crippen LogP contribution in [0, 0.1) is 0 Å². The third kappa shape index (κ3) is 2.72. The van der Waals surface area contributed by atoms with Crippen LogP contribution in [-0.2, 0) is 24.1 Å². The highest BCUT2D eigenvalue weighted by Crippen LogP contribution is 2.31. The summed E-state index contributed by atoms with van der Waals surface area (Å²) in [4.78, 5) is 24.1. The van der Waals surface area contributed by atoms with E-state index in [4.69, 9.17) is 0 Å². The zero-order valence-electron chi connectivity index (χ0n) is 11.5. The number of hydrogen-bond donors (Lipinski definition) is 0. The van der Waals surface area contributed by atoms with E-state index in [0.717, 1.165) is 23.7 Å². The van der Waals surface area contributed by atoms with Crippen LogP contribution in [0.2, 0.25) is 0 Å². The molecule has 0 radical (unpaired) electrons. The molecule has 104 valence electrons. The molecule has 0 N–H and O–H groups in total. The molecule has 0 spiro atoms. The van der Waals surface area contributed by atoms with Crippen molar-refractivity contribution < 1.29 is 4.79 Å². The molecular weight excluding hydrogens is 270 g/mol. The lowest BCUT2D eigenvalue weighted by molar-refractivity contribution is -0.117. The summed E-state index contributed by atoms with van der Waals surface area (Å²) in [5.41, 5.74) is 1.99. The number of carbonyl (C=O) groups excluding carboxylic acids is 1. The van der Waals surface area contributed by atoms with Crippen molar-refractivity contribution in [2.75, 3.05) is 11.9 Å². The van der Waals surface area contributed by atoms with Gasteiger partial charge in [-0.05, 0) is 37.8 Å². The molecule has 4 nitrogen and oxygen atoms in total. The Balaban J connectivity index is 1.73. The Morgan fingerprint density at radius 3 is 2.95 bits per heavy atom. The van der Waals surface area contributed by atoms with Crippen molar-refractivity contribution in [2.45, 2.75) is 32.1 Å². The van der Waals surface area contributed by atoms with Crippen LogP contribution in [0.15, 0.2) is 24.4 Å². The van der Waals surface area contributed by atoms with Crippen molar-refractivity contribution >= 4 is 22.4 Å². The number of fused-ring (bicyclic) bond motifs is 1. The summed E-state index contributed by atoms with van der Waals surface area (Å²) in [6.07, 6.45) is 6.64. The fourth-order valence-corrected chi connectivity index (χ4v) is 3.49. The molecule has 1 aliphatic carbocycles. The smallest absolute Gasteiger partial charge is 0.234 e. The van der Waals surface area contributed by atoms with Crippen molar-refractivity contribution in [3.8, 4) is 0 Å². The Labute approximate surface area is 122 Å². The number of amides is 1. The highest BCUT2D eigenvalue weighted by Gasteiger charge is 2.20. The van der Waals surface area contributed by atoms with E-state index in [1.54, 1.807) is 29.5 Å². The molecule has 0 fully saturated rings. The number of carbonyl (C=O) groups is 1. The lowest BCUT2D eigenvalue weighted by Crippen LogP contribution is -2.28. The van der Waals surface area contributed by atoms with E-state index in [1.807, 2.05) is 18.2 Å². The third-order valence-corrected chi connectivity index (χ3v) is 4.79. The predicted octanol–water partition coefficient (Wildman–Crippen LogP) is 2.62. The third-order valence-electron chi connectivity index (χ3n) is 3.55. The molecule has 0 bridgehead atoms. The molecule has 5 heteroatoms. The van der Waals surface area contributed by atoms with E-state index >= 15 is 0 Å². The topological polar surface area (TPSA) is 46.1 Å². The van der Waals surface area contributed by atoms with E-state index in [1.165, 1.54) is 23.4 Å². The number of likely N-dealkylation sites (N-methyl/N-ethyl adjacent to an activating group) is 1. The molecule has 1 amide bonds. The number of thiazole rings is 1. The molecule has 0 aliphatic heterocycles. The average Bonchev–Trinajstić information content (AvgIpc) is 2.91. The van der Waals surface area contributed by atoms with Crippen molar-refractivity contribution in [1.82, 2.24) is 9.97 Å². The standard InChI is InChI=1S/C15H17N3OS/c1-18(14(19)10-11-6-4-5-9-16-11)15-17-12-7-2-3-8-13(12)20-15/h4-6,9H,2-3,7-8,10H2,1H3. The minimum Gasteiger partial charge on any atom is -0.291 e. The van der Waals surface area contributed by atoms with Gasteiger partial charge < -0.3 is 0 Å². The van der Waals surface area contributed by atoms with Crippen molar-refractivity contribution in [3.05, 3.63) is 40.7 Å². The monoisotopic (exact) mass is 287 g/mol. The van der Waals surface area contributed by atoms with Crippen LogP contribution < -0.4 is 4.90 Å². The zero-order valence-corrected chi connectivity index (χ0v) is 12.3. The number of nitrogens with zero attached hydrogens (tertiary/aromatic N) is 3. The van der Waals surface area contributed by atoms with Crippen LogP contribution in [0.1, 0.15) is 29.1 Å². The number of rotatable bonds is 3. The molecule has 0 atom stereocenters. The van der Waals surface area contributed by atoms with Gasteiger partial charge in [-0.1, -0.05) is 6.07 Å². The van der Waals surface area contributed by atoms with Gasteiger partial charge in [0.15, 0.2) is 5.13 Å². The second-order valence-corrected chi connectivity index (χ2v) is 6.09. The summed E-state index contributed by atoms with van der Waals surface area (Å²) >= 11 is 1.66. The van der Waals surface area contributed by atoms with Gasteiger partial charge in [-0.25, -0.2) is 4.98 Å². The summed E-state index contributed by atoms with van der Waals surface area (Å²) in [6, 6.07) is 5.63. The van der Waals surface area contributed by atoms with Gasteiger partial charge in [0.25, 0.3) is 0 Å². The van der Waals surface area contributed by atoms with Crippen LogP contribution in [-0.4, -0.2) is 22.9 Å². The minimum absolute atomic E-state index is 0.0368. The van der Waals surface area contributed by atoms with Gasteiger partial charge in [0, 0.05) is 23.8 Å². The van der Waals surface area contributed by atoms with E-state index in [2.05, 4.69) is 9.97 Å². The second-order valence-electron chi connectivity index (χ2n) is 5.02. The Morgan fingerprint density at radius 1 is 1.35 bits per heavy atom. The summed E-state index contributed by atoms with van der Waals surface area (Å²) in [7, 11) is 1.80. The summed E-state index contributed by atoms with van der Waals surface area (Å²) in [5.74, 6) is 0.0368. The summed E-state index contributed by atoms with van der Waals surface area (Å²) in [5, 5.41) is 0.817. The van der Waals surface area contributed by atoms with Crippen LogP contribution in [0.25, 0.3) is 0 Å². The van der Waals surface area contributed by atoms with Gasteiger partial charge in [-0.15, -0.1) is 11.3 Å². The highest BCUT2D eigenvalue weighted by molar-refractivity contribution is 7.15. The fraction of sp³-hybridized carbons (Fsp3) is 0.400. The Kier molecular flexibility index (Phi) is 3.78. The van der Waals surface area contributed by atoms with E-state index in [0.29, 0.717) is 6.42 Å². The number of pyridine rings is 1. The maximum Gasteiger partial charge on any atom is 0.234 e. The van der Waals surface area contributed by atoms with Gasteiger partial charge in [-0.3, -0.25) is 14.7 Å². The van der Waals surface area contributed by atoms with Crippen molar-refractivity contribution in [1.29, 1.82) is 0 Å². The summed E-state index contributed by atoms with van der Waals surface area (Å²) in [6.45, 7) is 0. The molecule has 0 unspecified atom stereocenters. The molecule has 2 aromatic heterocycles. The first kappa shape index (κ1) is 13.2. The van der Waals surface area contributed by atoms with Gasteiger partial charge in [0.1, 0.15) is 0 Å². The van der Waals surface area contributed by atoms with Crippen molar-refractivity contribution in [2.24, 2.45) is 0 Å². The first-order chi connectivity index (χ1) is 9.74. The second kappa shape index (κ2) is 5.71. The number of aromatic nitrogens is 2. The molecule has 3 rings (SSSR count). The number of hydrogen-bond acceptors (Lipinski definition) is 4. The van der Waals surface area contributed by atoms with Crippen molar-refractivity contribution in [3.63, 3.8) is 0 Å². The lowest BCUT2D eigenvalue weighted by atomic mass is 10.0. The maximum absolute atomic E-state index is 12.3. The normalized spacial score (nSPS) is 13.8. The molecule has 0 saturated heterocycles. The molecule has 2 heterocycles. The van der Waals surface area contributed by atoms with E-state index in [-0.39, 0.29) is 5.91 Å². The van der Waals surface area contributed by atoms with Crippen LogP contribution in [0.4, 0.5) is 5.13 Å². The molecule has 0 aromatic carbocycles. The van der Waals surface area contributed by atoms with Gasteiger partial charge in [0.2, 0.25) is 5.91 Å². The maximum atomic E-state index is 12.3. The largest absolute Gasteiger partial charge is 0.291 e. The molecule has 0 saturated carbocycles. The van der Waals surface area contributed by atoms with Crippen LogP contribution >= 0.6 is 11.3 Å². The molecule has 2 aromatic rings. The molecule has 20 heavy (non-hydrogen) atoms. The first-order valence-electron chi connectivity index (χ1n) is 6.89.